The van der Waals surface area contributed by atoms with Gasteiger partial charge in [0.15, 0.2) is 9.84 Å². The molecular formula is C22H24N2O5S. The average molecular weight is 429 g/mol. The maximum atomic E-state index is 12.4. The zero-order valence-electron chi connectivity index (χ0n) is 16.8. The van der Waals surface area contributed by atoms with E-state index in [2.05, 4.69) is 0 Å². The number of sulfone groups is 1. The first-order valence-electron chi connectivity index (χ1n) is 9.70. The van der Waals surface area contributed by atoms with Crippen molar-refractivity contribution in [2.45, 2.75) is 24.7 Å². The predicted molar refractivity (Wildman–Crippen MR) is 111 cm³/mol. The van der Waals surface area contributed by atoms with Crippen molar-refractivity contribution in [3.63, 3.8) is 0 Å². The maximum absolute atomic E-state index is 12.4. The van der Waals surface area contributed by atoms with Crippen LogP contribution in [0.1, 0.15) is 17.5 Å². The fourth-order valence-electron chi connectivity index (χ4n) is 3.25. The lowest BCUT2D eigenvalue weighted by atomic mass is 10.1. The number of piperazine rings is 1. The molecule has 2 aromatic carbocycles. The highest BCUT2D eigenvalue weighted by Gasteiger charge is 2.33. The van der Waals surface area contributed by atoms with Gasteiger partial charge in [0.25, 0.3) is 0 Å². The van der Waals surface area contributed by atoms with Crippen LogP contribution in [0.4, 0.5) is 0 Å². The number of hydrogen-bond acceptors (Lipinski definition) is 5. The highest BCUT2D eigenvalue weighted by Crippen LogP contribution is 2.15. The smallest absolute Gasteiger partial charge is 0.248 e. The van der Waals surface area contributed by atoms with Crippen molar-refractivity contribution in [3.8, 4) is 0 Å². The van der Waals surface area contributed by atoms with E-state index in [4.69, 9.17) is 0 Å². The second-order valence-corrected chi connectivity index (χ2v) is 9.42. The third-order valence-electron chi connectivity index (χ3n) is 5.04. The number of hydrogen-bond donors (Lipinski definition) is 0. The Balaban J connectivity index is 1.54. The van der Waals surface area contributed by atoms with Crippen LogP contribution in [0.3, 0.4) is 0 Å². The summed E-state index contributed by atoms with van der Waals surface area (Å²) in [6.45, 7) is 1.67. The molecule has 0 unspecified atom stereocenters. The fourth-order valence-corrected chi connectivity index (χ4v) is 4.48. The maximum Gasteiger partial charge on any atom is 0.248 e. The molecule has 0 aromatic heterocycles. The van der Waals surface area contributed by atoms with Gasteiger partial charge in [0, 0.05) is 13.0 Å². The van der Waals surface area contributed by atoms with Crippen molar-refractivity contribution in [2.24, 2.45) is 0 Å². The summed E-state index contributed by atoms with van der Waals surface area (Å²) in [5.41, 5.74) is 1.95. The molecule has 0 atom stereocenters. The van der Waals surface area contributed by atoms with E-state index in [0.717, 1.165) is 16.0 Å². The van der Waals surface area contributed by atoms with Crippen LogP contribution in [0.5, 0.6) is 0 Å². The van der Waals surface area contributed by atoms with Gasteiger partial charge in [0.05, 0.1) is 10.6 Å². The largest absolute Gasteiger partial charge is 0.324 e. The summed E-state index contributed by atoms with van der Waals surface area (Å²) in [7, 11) is -3.62. The van der Waals surface area contributed by atoms with Gasteiger partial charge in [0.2, 0.25) is 17.7 Å². The van der Waals surface area contributed by atoms with E-state index >= 15 is 0 Å². The van der Waals surface area contributed by atoms with Crippen molar-refractivity contribution >= 4 is 27.6 Å². The normalized spacial score (nSPS) is 14.8. The molecule has 0 N–H and O–H groups in total. The predicted octanol–water partition coefficient (Wildman–Crippen LogP) is 1.60. The minimum Gasteiger partial charge on any atom is -0.324 e. The quantitative estimate of drug-likeness (QED) is 0.625. The lowest BCUT2D eigenvalue weighted by Gasteiger charge is -2.32. The Bertz CT molecular complexity index is 1010. The molecule has 2 aromatic rings. The zero-order valence-corrected chi connectivity index (χ0v) is 17.6. The molecular weight excluding hydrogens is 404 g/mol. The van der Waals surface area contributed by atoms with Crippen molar-refractivity contribution in [3.05, 3.63) is 65.7 Å². The molecule has 0 saturated carbocycles. The molecule has 8 heteroatoms. The minimum absolute atomic E-state index is 0.152. The summed E-state index contributed by atoms with van der Waals surface area (Å²) in [4.78, 5) is 39.7. The second kappa shape index (κ2) is 9.21. The van der Waals surface area contributed by atoms with E-state index in [9.17, 15) is 22.8 Å². The standard InChI is InChI=1S/C22H24N2O5S/c1-17-7-9-19(10-8-17)30(28,29)14-12-20(25)23-15-21(26)24(22(27)16-23)13-11-18-5-3-2-4-6-18/h2-10H,11-16H2,1H3. The Hall–Kier alpha value is -3.00. The third kappa shape index (κ3) is 5.33. The van der Waals surface area contributed by atoms with Crippen LogP contribution in [-0.2, 0) is 30.6 Å². The van der Waals surface area contributed by atoms with E-state index in [1.165, 1.54) is 17.0 Å². The summed E-state index contributed by atoms with van der Waals surface area (Å²) < 4.78 is 24.8. The van der Waals surface area contributed by atoms with E-state index in [-0.39, 0.29) is 36.7 Å². The third-order valence-corrected chi connectivity index (χ3v) is 6.77. The van der Waals surface area contributed by atoms with Crippen LogP contribution < -0.4 is 0 Å². The molecule has 30 heavy (non-hydrogen) atoms. The first-order chi connectivity index (χ1) is 14.3. The molecule has 1 saturated heterocycles. The highest BCUT2D eigenvalue weighted by atomic mass is 32.2. The van der Waals surface area contributed by atoms with E-state index in [1.54, 1.807) is 12.1 Å². The van der Waals surface area contributed by atoms with Gasteiger partial charge in [-0.15, -0.1) is 0 Å². The second-order valence-electron chi connectivity index (χ2n) is 7.31. The summed E-state index contributed by atoms with van der Waals surface area (Å²) in [5, 5.41) is 0. The number of imide groups is 1. The van der Waals surface area contributed by atoms with Gasteiger partial charge in [-0.05, 0) is 31.0 Å². The van der Waals surface area contributed by atoms with Crippen LogP contribution in [0.15, 0.2) is 59.5 Å². The average Bonchev–Trinajstić information content (AvgIpc) is 2.72. The number of carbonyl (C=O) groups is 3. The number of rotatable bonds is 7. The van der Waals surface area contributed by atoms with Crippen LogP contribution >= 0.6 is 0 Å². The Kier molecular flexibility index (Phi) is 6.66. The molecule has 7 nitrogen and oxygen atoms in total. The molecule has 0 aliphatic carbocycles. The molecule has 158 valence electrons. The van der Waals surface area contributed by atoms with Crippen LogP contribution in [0.25, 0.3) is 0 Å². The van der Waals surface area contributed by atoms with Crippen molar-refractivity contribution in [1.29, 1.82) is 0 Å². The Morgan fingerprint density at radius 3 is 2.13 bits per heavy atom. The zero-order chi connectivity index (χ0) is 21.7. The summed E-state index contributed by atoms with van der Waals surface area (Å²) in [5.74, 6) is -1.78. The van der Waals surface area contributed by atoms with Gasteiger partial charge in [-0.1, -0.05) is 48.0 Å². The molecule has 3 rings (SSSR count). The van der Waals surface area contributed by atoms with E-state index in [0.29, 0.717) is 6.42 Å². The summed E-state index contributed by atoms with van der Waals surface area (Å²) in [6, 6.07) is 15.9. The SMILES string of the molecule is Cc1ccc(S(=O)(=O)CCC(=O)N2CC(=O)N(CCc3ccccc3)C(=O)C2)cc1. The number of amides is 3. The van der Waals surface area contributed by atoms with Crippen molar-refractivity contribution in [1.82, 2.24) is 9.80 Å². The number of benzene rings is 2. The van der Waals surface area contributed by atoms with Gasteiger partial charge < -0.3 is 4.90 Å². The molecule has 1 fully saturated rings. The molecule has 1 aliphatic rings. The highest BCUT2D eigenvalue weighted by molar-refractivity contribution is 7.91. The van der Waals surface area contributed by atoms with Crippen LogP contribution in [0, 0.1) is 6.92 Å². The summed E-state index contributed by atoms with van der Waals surface area (Å²) >= 11 is 0. The lowest BCUT2D eigenvalue weighted by Crippen LogP contribution is -2.56. The van der Waals surface area contributed by atoms with Gasteiger partial charge in [-0.25, -0.2) is 8.42 Å². The van der Waals surface area contributed by atoms with Crippen LogP contribution in [0.2, 0.25) is 0 Å². The molecule has 0 bridgehead atoms. The van der Waals surface area contributed by atoms with Gasteiger partial charge in [0.1, 0.15) is 13.1 Å². The molecule has 3 amide bonds. The van der Waals surface area contributed by atoms with Gasteiger partial charge in [-0.2, -0.15) is 0 Å². The van der Waals surface area contributed by atoms with Crippen molar-refractivity contribution in [2.75, 3.05) is 25.4 Å². The van der Waals surface area contributed by atoms with Crippen LogP contribution in [-0.4, -0.2) is 61.3 Å². The fraction of sp³-hybridized carbons (Fsp3) is 0.318. The van der Waals surface area contributed by atoms with Crippen molar-refractivity contribution < 1.29 is 22.8 Å². The topological polar surface area (TPSA) is 91.8 Å². The first-order valence-corrected chi connectivity index (χ1v) is 11.4. The Morgan fingerprint density at radius 2 is 1.53 bits per heavy atom. The molecule has 1 heterocycles. The molecule has 0 spiro atoms. The first kappa shape index (κ1) is 21.7. The monoisotopic (exact) mass is 428 g/mol. The molecule has 0 radical (unpaired) electrons. The molecule has 1 aliphatic heterocycles. The number of aryl methyl sites for hydroxylation is 1. The Morgan fingerprint density at radius 1 is 0.933 bits per heavy atom. The van der Waals surface area contributed by atoms with Gasteiger partial charge in [-0.3, -0.25) is 19.3 Å². The van der Waals surface area contributed by atoms with E-state index in [1.807, 2.05) is 37.3 Å². The Labute approximate surface area is 176 Å². The number of carbonyl (C=O) groups excluding carboxylic acids is 3. The summed E-state index contributed by atoms with van der Waals surface area (Å²) in [6.07, 6.45) is 0.266. The number of nitrogens with zero attached hydrogens (tertiary/aromatic N) is 2. The van der Waals surface area contributed by atoms with Gasteiger partial charge >= 0.3 is 0 Å². The minimum atomic E-state index is -3.62. The van der Waals surface area contributed by atoms with E-state index < -0.39 is 27.6 Å². The lowest BCUT2D eigenvalue weighted by molar-refractivity contribution is -0.156.